The van der Waals surface area contributed by atoms with Gasteiger partial charge in [0.2, 0.25) is 11.8 Å². The predicted octanol–water partition coefficient (Wildman–Crippen LogP) is 3.71. The number of nitrogens with zero attached hydrogens (tertiary/aromatic N) is 3. The highest BCUT2D eigenvalue weighted by atomic mass is 16.4. The fourth-order valence-corrected chi connectivity index (χ4v) is 3.67. The van der Waals surface area contributed by atoms with E-state index in [1.165, 1.54) is 5.56 Å². The third-order valence-corrected chi connectivity index (χ3v) is 5.21. The minimum atomic E-state index is 0.0301. The molecule has 0 fully saturated rings. The number of hydrogen-bond donors (Lipinski definition) is 1. The Kier molecular flexibility index (Phi) is 4.27. The van der Waals surface area contributed by atoms with E-state index < -0.39 is 0 Å². The van der Waals surface area contributed by atoms with Gasteiger partial charge < -0.3 is 18.8 Å². The molecule has 1 N–H and O–H groups in total. The van der Waals surface area contributed by atoms with Crippen LogP contribution in [0, 0.1) is 0 Å². The number of furan rings is 1. The van der Waals surface area contributed by atoms with Crippen molar-refractivity contribution in [3.63, 3.8) is 0 Å². The molecular formula is C22H19N3O4. The Morgan fingerprint density at radius 2 is 1.97 bits per heavy atom. The van der Waals surface area contributed by atoms with Crippen molar-refractivity contribution < 1.29 is 18.7 Å². The van der Waals surface area contributed by atoms with Crippen LogP contribution in [0.2, 0.25) is 0 Å². The second-order valence-electron chi connectivity index (χ2n) is 7.17. The second-order valence-corrected chi connectivity index (χ2v) is 7.17. The summed E-state index contributed by atoms with van der Waals surface area (Å²) in [4.78, 5) is 14.4. The van der Waals surface area contributed by atoms with E-state index in [2.05, 4.69) is 10.2 Å². The van der Waals surface area contributed by atoms with Gasteiger partial charge in [-0.25, -0.2) is 0 Å². The normalized spacial score (nSPS) is 13.6. The first-order chi connectivity index (χ1) is 14.2. The number of aryl methyl sites for hydroxylation is 1. The summed E-state index contributed by atoms with van der Waals surface area (Å²) in [5.41, 5.74) is 2.93. The van der Waals surface area contributed by atoms with E-state index in [0.29, 0.717) is 37.1 Å². The van der Waals surface area contributed by atoms with Gasteiger partial charge in [0.25, 0.3) is 5.89 Å². The number of amides is 1. The minimum absolute atomic E-state index is 0.0301. The SMILES string of the molecule is O=C(CCc1nnc(-c2cc3ccccc3o2)o1)N1CCc2ccc(O)cc2C1. The summed E-state index contributed by atoms with van der Waals surface area (Å²) in [5, 5.41) is 18.7. The van der Waals surface area contributed by atoms with Gasteiger partial charge in [-0.15, -0.1) is 10.2 Å². The summed E-state index contributed by atoms with van der Waals surface area (Å²) in [7, 11) is 0. The molecule has 1 aliphatic heterocycles. The van der Waals surface area contributed by atoms with Gasteiger partial charge in [-0.3, -0.25) is 4.79 Å². The van der Waals surface area contributed by atoms with Crippen LogP contribution in [0.15, 0.2) is 57.4 Å². The highest BCUT2D eigenvalue weighted by molar-refractivity contribution is 5.81. The van der Waals surface area contributed by atoms with Crippen LogP contribution in [0.5, 0.6) is 5.75 Å². The summed E-state index contributed by atoms with van der Waals surface area (Å²) in [6, 6.07) is 14.9. The van der Waals surface area contributed by atoms with Gasteiger partial charge in [0, 0.05) is 31.3 Å². The molecule has 0 aliphatic carbocycles. The average Bonchev–Trinajstić information content (AvgIpc) is 3.38. The lowest BCUT2D eigenvalue weighted by molar-refractivity contribution is -0.132. The molecule has 0 spiro atoms. The number of para-hydroxylation sites is 1. The third kappa shape index (κ3) is 3.47. The number of carbonyl (C=O) groups is 1. The zero-order chi connectivity index (χ0) is 19.8. The highest BCUT2D eigenvalue weighted by Crippen LogP contribution is 2.27. The molecule has 5 rings (SSSR count). The number of phenolic OH excluding ortho intramolecular Hbond substituents is 1. The van der Waals surface area contributed by atoms with Gasteiger partial charge in [-0.05, 0) is 41.8 Å². The summed E-state index contributed by atoms with van der Waals surface area (Å²) in [5.74, 6) is 1.49. The molecule has 7 nitrogen and oxygen atoms in total. The van der Waals surface area contributed by atoms with Crippen molar-refractivity contribution >= 4 is 16.9 Å². The molecule has 1 aliphatic rings. The molecule has 0 bridgehead atoms. The predicted molar refractivity (Wildman–Crippen MR) is 105 cm³/mol. The Labute approximate surface area is 166 Å². The largest absolute Gasteiger partial charge is 0.508 e. The van der Waals surface area contributed by atoms with Crippen LogP contribution in [0.1, 0.15) is 23.4 Å². The first kappa shape index (κ1) is 17.5. The molecule has 0 atom stereocenters. The Bertz CT molecular complexity index is 1160. The molecule has 29 heavy (non-hydrogen) atoms. The van der Waals surface area contributed by atoms with Gasteiger partial charge in [-0.1, -0.05) is 24.3 Å². The van der Waals surface area contributed by atoms with Crippen LogP contribution in [0.25, 0.3) is 22.6 Å². The number of hydrogen-bond acceptors (Lipinski definition) is 6. The number of aromatic nitrogens is 2. The van der Waals surface area contributed by atoms with Crippen LogP contribution < -0.4 is 0 Å². The molecule has 146 valence electrons. The number of phenols is 1. The molecule has 2 aromatic heterocycles. The molecular weight excluding hydrogens is 370 g/mol. The number of benzene rings is 2. The van der Waals surface area contributed by atoms with Crippen LogP contribution in [-0.2, 0) is 24.2 Å². The van der Waals surface area contributed by atoms with Crippen molar-refractivity contribution in [1.29, 1.82) is 0 Å². The molecule has 4 aromatic rings. The Hall–Kier alpha value is -3.61. The van der Waals surface area contributed by atoms with Crippen molar-refractivity contribution in [2.24, 2.45) is 0 Å². The van der Waals surface area contributed by atoms with E-state index in [0.717, 1.165) is 23.0 Å². The molecule has 0 saturated heterocycles. The average molecular weight is 389 g/mol. The number of aromatic hydroxyl groups is 1. The fraction of sp³-hybridized carbons (Fsp3) is 0.227. The number of fused-ring (bicyclic) bond motifs is 2. The molecule has 0 radical (unpaired) electrons. The molecule has 7 heteroatoms. The first-order valence-electron chi connectivity index (χ1n) is 9.55. The van der Waals surface area contributed by atoms with E-state index in [1.807, 2.05) is 36.4 Å². The van der Waals surface area contributed by atoms with Crippen LogP contribution >= 0.6 is 0 Å². The van der Waals surface area contributed by atoms with E-state index >= 15 is 0 Å². The molecule has 1 amide bonds. The Balaban J connectivity index is 1.23. The minimum Gasteiger partial charge on any atom is -0.508 e. The maximum absolute atomic E-state index is 12.6. The Morgan fingerprint density at radius 1 is 1.07 bits per heavy atom. The monoisotopic (exact) mass is 389 g/mol. The molecule has 3 heterocycles. The summed E-state index contributed by atoms with van der Waals surface area (Å²) < 4.78 is 11.4. The summed E-state index contributed by atoms with van der Waals surface area (Å²) in [6.45, 7) is 1.18. The van der Waals surface area contributed by atoms with Gasteiger partial charge in [0.1, 0.15) is 11.3 Å². The van der Waals surface area contributed by atoms with Gasteiger partial charge in [-0.2, -0.15) is 0 Å². The maximum Gasteiger partial charge on any atom is 0.283 e. The fourth-order valence-electron chi connectivity index (χ4n) is 3.67. The van der Waals surface area contributed by atoms with E-state index in [1.54, 1.807) is 17.0 Å². The zero-order valence-electron chi connectivity index (χ0n) is 15.7. The Morgan fingerprint density at radius 3 is 2.86 bits per heavy atom. The number of rotatable bonds is 4. The first-order valence-corrected chi connectivity index (χ1v) is 9.55. The van der Waals surface area contributed by atoms with Crippen LogP contribution in [0.4, 0.5) is 0 Å². The van der Waals surface area contributed by atoms with Crippen molar-refractivity contribution in [1.82, 2.24) is 15.1 Å². The number of carbonyl (C=O) groups excluding carboxylic acids is 1. The van der Waals surface area contributed by atoms with Gasteiger partial charge in [0.15, 0.2) is 5.76 Å². The smallest absolute Gasteiger partial charge is 0.283 e. The third-order valence-electron chi connectivity index (χ3n) is 5.21. The standard InChI is InChI=1S/C22H19N3O4/c26-17-6-5-14-9-10-25(13-16(14)11-17)21(27)8-7-20-23-24-22(29-20)19-12-15-3-1-2-4-18(15)28-19/h1-6,11-12,26H,7-10,13H2. The molecule has 0 saturated carbocycles. The van der Waals surface area contributed by atoms with E-state index in [-0.39, 0.29) is 18.1 Å². The van der Waals surface area contributed by atoms with Crippen molar-refractivity contribution in [2.45, 2.75) is 25.8 Å². The highest BCUT2D eigenvalue weighted by Gasteiger charge is 2.22. The van der Waals surface area contributed by atoms with E-state index in [9.17, 15) is 9.90 Å². The maximum atomic E-state index is 12.6. The van der Waals surface area contributed by atoms with Gasteiger partial charge >= 0.3 is 0 Å². The quantitative estimate of drug-likeness (QED) is 0.572. The van der Waals surface area contributed by atoms with Gasteiger partial charge in [0.05, 0.1) is 0 Å². The zero-order valence-corrected chi connectivity index (χ0v) is 15.7. The molecule has 2 aromatic carbocycles. The van der Waals surface area contributed by atoms with Crippen LogP contribution in [-0.4, -0.2) is 32.7 Å². The van der Waals surface area contributed by atoms with Crippen LogP contribution in [0.3, 0.4) is 0 Å². The lowest BCUT2D eigenvalue weighted by Gasteiger charge is -2.29. The lowest BCUT2D eigenvalue weighted by Crippen LogP contribution is -2.36. The summed E-state index contributed by atoms with van der Waals surface area (Å²) >= 11 is 0. The molecule has 0 unspecified atom stereocenters. The lowest BCUT2D eigenvalue weighted by atomic mass is 9.99. The summed E-state index contributed by atoms with van der Waals surface area (Å²) in [6.07, 6.45) is 1.45. The van der Waals surface area contributed by atoms with Crippen molar-refractivity contribution in [3.05, 3.63) is 65.5 Å². The van der Waals surface area contributed by atoms with E-state index in [4.69, 9.17) is 8.83 Å². The second kappa shape index (κ2) is 7.09. The topological polar surface area (TPSA) is 92.6 Å². The van der Waals surface area contributed by atoms with Crippen molar-refractivity contribution in [3.8, 4) is 17.4 Å². The van der Waals surface area contributed by atoms with Crippen molar-refractivity contribution in [2.75, 3.05) is 6.54 Å².